The van der Waals surface area contributed by atoms with Gasteiger partial charge in [-0.2, -0.15) is 4.31 Å². The Bertz CT molecular complexity index is 1050. The summed E-state index contributed by atoms with van der Waals surface area (Å²) in [5.41, 5.74) is 2.07. The van der Waals surface area contributed by atoms with Gasteiger partial charge >= 0.3 is 0 Å². The molecule has 5 rings (SSSR count). The minimum atomic E-state index is -3.69. The van der Waals surface area contributed by atoms with Crippen molar-refractivity contribution in [2.24, 2.45) is 0 Å². The summed E-state index contributed by atoms with van der Waals surface area (Å²) in [6.45, 7) is 4.43. The Kier molecular flexibility index (Phi) is 4.55. The summed E-state index contributed by atoms with van der Waals surface area (Å²) in [5, 5.41) is 0. The van der Waals surface area contributed by atoms with Gasteiger partial charge in [-0.05, 0) is 48.7 Å². The molecule has 1 unspecified atom stereocenters. The minimum absolute atomic E-state index is 0.214. The SMILES string of the molecule is CC1c2cc3c(cc2CCN1S(=O)(=O)c1ccc2c(c1)OCCO2)OCCCO3. The Morgan fingerprint density at radius 1 is 0.862 bits per heavy atom. The van der Waals surface area contributed by atoms with Crippen molar-refractivity contribution in [1.29, 1.82) is 0 Å². The highest BCUT2D eigenvalue weighted by Crippen LogP contribution is 2.41. The lowest BCUT2D eigenvalue weighted by Gasteiger charge is -2.35. The van der Waals surface area contributed by atoms with Gasteiger partial charge in [-0.25, -0.2) is 8.42 Å². The molecular weight excluding hydrogens is 394 g/mol. The number of hydrogen-bond donors (Lipinski definition) is 0. The highest BCUT2D eigenvalue weighted by atomic mass is 32.2. The number of nitrogens with zero attached hydrogens (tertiary/aromatic N) is 1. The highest BCUT2D eigenvalue weighted by molar-refractivity contribution is 7.89. The van der Waals surface area contributed by atoms with E-state index in [-0.39, 0.29) is 10.9 Å². The molecule has 0 radical (unpaired) electrons. The maximum Gasteiger partial charge on any atom is 0.243 e. The van der Waals surface area contributed by atoms with E-state index in [0.29, 0.717) is 56.6 Å². The van der Waals surface area contributed by atoms with Crippen LogP contribution in [0.5, 0.6) is 23.0 Å². The Labute approximate surface area is 170 Å². The lowest BCUT2D eigenvalue weighted by Crippen LogP contribution is -2.38. The first-order chi connectivity index (χ1) is 14.0. The fraction of sp³-hybridized carbons (Fsp3) is 0.429. The predicted octanol–water partition coefficient (Wildman–Crippen LogP) is 2.93. The van der Waals surface area contributed by atoms with Crippen molar-refractivity contribution in [3.8, 4) is 23.0 Å². The molecule has 0 amide bonds. The van der Waals surface area contributed by atoms with Crippen LogP contribution in [0, 0.1) is 0 Å². The van der Waals surface area contributed by atoms with Crippen molar-refractivity contribution >= 4 is 10.0 Å². The van der Waals surface area contributed by atoms with Crippen LogP contribution in [0.3, 0.4) is 0 Å². The Balaban J connectivity index is 1.49. The molecule has 2 aromatic carbocycles. The molecule has 0 aromatic heterocycles. The van der Waals surface area contributed by atoms with Gasteiger partial charge in [0.05, 0.1) is 18.1 Å². The zero-order chi connectivity index (χ0) is 20.0. The predicted molar refractivity (Wildman–Crippen MR) is 105 cm³/mol. The van der Waals surface area contributed by atoms with E-state index >= 15 is 0 Å². The van der Waals surface area contributed by atoms with E-state index in [1.54, 1.807) is 22.5 Å². The average Bonchev–Trinajstić information content (AvgIpc) is 2.97. The molecule has 3 heterocycles. The van der Waals surface area contributed by atoms with Crippen LogP contribution in [0.1, 0.15) is 30.5 Å². The second kappa shape index (κ2) is 7.11. The van der Waals surface area contributed by atoms with Crippen molar-refractivity contribution in [3.63, 3.8) is 0 Å². The van der Waals surface area contributed by atoms with Gasteiger partial charge in [0.2, 0.25) is 10.0 Å². The standard InChI is InChI=1S/C21H23NO6S/c1-14-17-13-21-19(25-7-2-8-26-21)11-15(17)5-6-22(14)29(23,24)16-3-4-18-20(12-16)28-10-9-27-18/h3-4,11-14H,2,5-10H2,1H3. The summed E-state index contributed by atoms with van der Waals surface area (Å²) in [5.74, 6) is 2.48. The summed E-state index contributed by atoms with van der Waals surface area (Å²) in [6, 6.07) is 8.43. The van der Waals surface area contributed by atoms with Crippen molar-refractivity contribution < 1.29 is 27.4 Å². The van der Waals surface area contributed by atoms with Crippen LogP contribution in [0.4, 0.5) is 0 Å². The first-order valence-corrected chi connectivity index (χ1v) is 11.3. The maximum absolute atomic E-state index is 13.4. The largest absolute Gasteiger partial charge is 0.490 e. The van der Waals surface area contributed by atoms with E-state index in [2.05, 4.69) is 0 Å². The van der Waals surface area contributed by atoms with E-state index in [0.717, 1.165) is 23.3 Å². The molecule has 2 aromatic rings. The first-order valence-electron chi connectivity index (χ1n) is 9.88. The van der Waals surface area contributed by atoms with Crippen LogP contribution in [0.25, 0.3) is 0 Å². The highest BCUT2D eigenvalue weighted by Gasteiger charge is 2.35. The van der Waals surface area contributed by atoms with E-state index in [4.69, 9.17) is 18.9 Å². The fourth-order valence-electron chi connectivity index (χ4n) is 4.10. The van der Waals surface area contributed by atoms with Crippen LogP contribution in [-0.4, -0.2) is 45.7 Å². The molecule has 0 fully saturated rings. The molecular formula is C21H23NO6S. The number of rotatable bonds is 2. The molecule has 7 nitrogen and oxygen atoms in total. The molecule has 3 aliphatic rings. The Morgan fingerprint density at radius 3 is 2.31 bits per heavy atom. The lowest BCUT2D eigenvalue weighted by molar-refractivity contribution is 0.171. The van der Waals surface area contributed by atoms with Gasteiger partial charge in [0.1, 0.15) is 13.2 Å². The van der Waals surface area contributed by atoms with Crippen LogP contribution in [-0.2, 0) is 16.4 Å². The van der Waals surface area contributed by atoms with Crippen molar-refractivity contribution in [2.75, 3.05) is 33.0 Å². The quantitative estimate of drug-likeness (QED) is 0.748. The van der Waals surface area contributed by atoms with Crippen LogP contribution in [0.2, 0.25) is 0 Å². The summed E-state index contributed by atoms with van der Waals surface area (Å²) in [7, 11) is -3.69. The maximum atomic E-state index is 13.4. The molecule has 0 saturated heterocycles. The molecule has 154 valence electrons. The van der Waals surface area contributed by atoms with Crippen LogP contribution >= 0.6 is 0 Å². The van der Waals surface area contributed by atoms with E-state index < -0.39 is 10.0 Å². The van der Waals surface area contributed by atoms with Gasteiger partial charge in [0.15, 0.2) is 23.0 Å². The van der Waals surface area contributed by atoms with Gasteiger partial charge in [0.25, 0.3) is 0 Å². The van der Waals surface area contributed by atoms with Crippen molar-refractivity contribution in [1.82, 2.24) is 4.31 Å². The summed E-state index contributed by atoms with van der Waals surface area (Å²) >= 11 is 0. The minimum Gasteiger partial charge on any atom is -0.490 e. The normalized spacial score (nSPS) is 21.2. The summed E-state index contributed by atoms with van der Waals surface area (Å²) in [6.07, 6.45) is 1.46. The third kappa shape index (κ3) is 3.20. The van der Waals surface area contributed by atoms with E-state index in [1.165, 1.54) is 0 Å². The van der Waals surface area contributed by atoms with Gasteiger partial charge in [-0.15, -0.1) is 0 Å². The van der Waals surface area contributed by atoms with Gasteiger partial charge in [0, 0.05) is 25.1 Å². The number of fused-ring (bicyclic) bond motifs is 3. The Hall–Kier alpha value is -2.45. The van der Waals surface area contributed by atoms with Gasteiger partial charge in [-0.1, -0.05) is 0 Å². The lowest BCUT2D eigenvalue weighted by atomic mass is 9.94. The monoisotopic (exact) mass is 417 g/mol. The van der Waals surface area contributed by atoms with Gasteiger partial charge < -0.3 is 18.9 Å². The third-order valence-corrected chi connectivity index (χ3v) is 7.58. The number of ether oxygens (including phenoxy) is 4. The molecule has 1 atom stereocenters. The van der Waals surface area contributed by atoms with E-state index in [1.807, 2.05) is 19.1 Å². The van der Waals surface area contributed by atoms with Crippen molar-refractivity contribution in [2.45, 2.75) is 30.7 Å². The van der Waals surface area contributed by atoms with E-state index in [9.17, 15) is 8.42 Å². The molecule has 29 heavy (non-hydrogen) atoms. The summed E-state index contributed by atoms with van der Waals surface area (Å²) < 4.78 is 51.0. The fourth-order valence-corrected chi connectivity index (χ4v) is 5.73. The number of hydrogen-bond acceptors (Lipinski definition) is 6. The first kappa shape index (κ1) is 18.6. The second-order valence-corrected chi connectivity index (χ2v) is 9.29. The van der Waals surface area contributed by atoms with Gasteiger partial charge in [-0.3, -0.25) is 0 Å². The zero-order valence-corrected chi connectivity index (χ0v) is 17.0. The molecule has 0 aliphatic carbocycles. The molecule has 0 N–H and O–H groups in total. The Morgan fingerprint density at radius 2 is 1.52 bits per heavy atom. The zero-order valence-electron chi connectivity index (χ0n) is 16.2. The number of sulfonamides is 1. The summed E-state index contributed by atoms with van der Waals surface area (Å²) in [4.78, 5) is 0.214. The molecule has 8 heteroatoms. The molecule has 0 spiro atoms. The second-order valence-electron chi connectivity index (χ2n) is 7.40. The molecule has 0 bridgehead atoms. The molecule has 0 saturated carbocycles. The van der Waals surface area contributed by atoms with Crippen LogP contribution < -0.4 is 18.9 Å². The average molecular weight is 417 g/mol. The van der Waals surface area contributed by atoms with Crippen LogP contribution in [0.15, 0.2) is 35.2 Å². The third-order valence-electron chi connectivity index (χ3n) is 5.61. The smallest absolute Gasteiger partial charge is 0.243 e. The molecule has 3 aliphatic heterocycles. The number of benzene rings is 2. The van der Waals surface area contributed by atoms with Crippen molar-refractivity contribution in [3.05, 3.63) is 41.5 Å². The topological polar surface area (TPSA) is 74.3 Å².